The van der Waals surface area contributed by atoms with Gasteiger partial charge in [-0.25, -0.2) is 4.99 Å². The molecule has 6 heteroatoms. The number of benzene rings is 2. The number of hydrogen-bond donors (Lipinski definition) is 4. The van der Waals surface area contributed by atoms with Crippen LogP contribution in [0.15, 0.2) is 47.5 Å². The van der Waals surface area contributed by atoms with Crippen LogP contribution < -0.4 is 5.32 Å². The van der Waals surface area contributed by atoms with Crippen molar-refractivity contribution in [3.05, 3.63) is 53.6 Å². The fraction of sp³-hybridized carbons (Fsp3) is 0.125. The molecule has 0 amide bonds. The van der Waals surface area contributed by atoms with E-state index in [0.29, 0.717) is 18.4 Å². The van der Waals surface area contributed by atoms with Gasteiger partial charge in [-0.3, -0.25) is 4.79 Å². The van der Waals surface area contributed by atoms with Crippen molar-refractivity contribution < 1.29 is 20.1 Å². The molecule has 0 saturated heterocycles. The number of carbonyl (C=O) groups is 1. The smallest absolute Gasteiger partial charge is 0.200 e. The third kappa shape index (κ3) is 4.07. The van der Waals surface area contributed by atoms with Gasteiger partial charge in [-0.15, -0.1) is 0 Å². The zero-order valence-corrected chi connectivity index (χ0v) is 11.7. The van der Waals surface area contributed by atoms with Gasteiger partial charge >= 0.3 is 0 Å². The molecule has 22 heavy (non-hydrogen) atoms. The molecule has 0 unspecified atom stereocenters. The minimum Gasteiger partial charge on any atom is -0.504 e. The molecule has 4 N–H and O–H groups in total. The fourth-order valence-electron chi connectivity index (χ4n) is 1.87. The summed E-state index contributed by atoms with van der Waals surface area (Å²) in [5.74, 6) is -0.338. The number of aliphatic imine (C=N–C) groups is 1. The van der Waals surface area contributed by atoms with Crippen molar-refractivity contribution in [3.8, 4) is 11.5 Å². The van der Waals surface area contributed by atoms with E-state index in [-0.39, 0.29) is 17.4 Å². The normalized spacial score (nSPS) is 13.0. The predicted octanol–water partition coefficient (Wildman–Crippen LogP) is 2.29. The van der Waals surface area contributed by atoms with E-state index in [4.69, 9.17) is 10.2 Å². The minimum atomic E-state index is -0.274. The zero-order chi connectivity index (χ0) is 15.9. The second-order valence-corrected chi connectivity index (χ2v) is 4.63. The van der Waals surface area contributed by atoms with Gasteiger partial charge in [-0.1, -0.05) is 18.2 Å². The summed E-state index contributed by atoms with van der Waals surface area (Å²) >= 11 is 0. The van der Waals surface area contributed by atoms with E-state index in [9.17, 15) is 9.90 Å². The Bertz CT molecular complexity index is 698. The molecule has 2 aromatic carbocycles. The average molecular weight is 300 g/mol. The van der Waals surface area contributed by atoms with Crippen LogP contribution in [0, 0.1) is 0 Å². The molecule has 2 aromatic rings. The average Bonchev–Trinajstić information content (AvgIpc) is 2.71. The van der Waals surface area contributed by atoms with Crippen LogP contribution in [0.4, 0.5) is 5.69 Å². The number of fused-ring (bicyclic) bond motifs is 1. The van der Waals surface area contributed by atoms with Crippen LogP contribution in [0.1, 0.15) is 15.9 Å². The molecule has 1 aliphatic rings. The standard InChI is InChI=1S/C9H10N2O.C7H6O3/c12-9-6-10-5-7-3-1-2-4-8(7)11-9;8-4-5-1-2-6(9)7(10)3-5/h1-4,10H,5-6H2,(H,11,12);1-4,9-10H. The van der Waals surface area contributed by atoms with Crippen LogP contribution in [0.25, 0.3) is 0 Å². The first-order chi connectivity index (χ1) is 10.6. The molecule has 6 nitrogen and oxygen atoms in total. The van der Waals surface area contributed by atoms with Gasteiger partial charge in [0, 0.05) is 12.1 Å². The number of aliphatic hydroxyl groups excluding tert-OH is 1. The van der Waals surface area contributed by atoms with E-state index in [1.807, 2.05) is 24.3 Å². The van der Waals surface area contributed by atoms with Crippen molar-refractivity contribution >= 4 is 17.9 Å². The highest BCUT2D eigenvalue weighted by Gasteiger charge is 2.06. The third-order valence-corrected chi connectivity index (χ3v) is 2.98. The number of hydrogen-bond acceptors (Lipinski definition) is 5. The number of aromatic hydroxyl groups is 2. The van der Waals surface area contributed by atoms with Gasteiger partial charge < -0.3 is 20.6 Å². The summed E-state index contributed by atoms with van der Waals surface area (Å²) in [5.41, 5.74) is 2.33. The first-order valence-electron chi connectivity index (χ1n) is 6.62. The third-order valence-electron chi connectivity index (χ3n) is 2.98. The van der Waals surface area contributed by atoms with Gasteiger partial charge in [0.1, 0.15) is 6.29 Å². The van der Waals surface area contributed by atoms with Crippen LogP contribution in [-0.2, 0) is 6.54 Å². The topological polar surface area (TPSA) is 102 Å². The van der Waals surface area contributed by atoms with Crippen molar-refractivity contribution in [2.24, 2.45) is 4.99 Å². The highest BCUT2D eigenvalue weighted by molar-refractivity contribution is 5.80. The van der Waals surface area contributed by atoms with E-state index in [0.717, 1.165) is 17.8 Å². The van der Waals surface area contributed by atoms with Gasteiger partial charge in [0.15, 0.2) is 17.4 Å². The molecule has 1 aliphatic heterocycles. The lowest BCUT2D eigenvalue weighted by atomic mass is 10.2. The van der Waals surface area contributed by atoms with Gasteiger partial charge in [0.05, 0.1) is 12.2 Å². The second-order valence-electron chi connectivity index (χ2n) is 4.63. The van der Waals surface area contributed by atoms with Crippen molar-refractivity contribution in [2.75, 3.05) is 6.54 Å². The van der Waals surface area contributed by atoms with Crippen molar-refractivity contribution in [1.82, 2.24) is 5.32 Å². The van der Waals surface area contributed by atoms with Crippen LogP contribution >= 0.6 is 0 Å². The maximum absolute atomic E-state index is 10.1. The lowest BCUT2D eigenvalue weighted by molar-refractivity contribution is 0.112. The first-order valence-corrected chi connectivity index (χ1v) is 6.62. The summed E-state index contributed by atoms with van der Waals surface area (Å²) in [6, 6.07) is 11.7. The molecular formula is C16H16N2O4. The number of phenols is 2. The van der Waals surface area contributed by atoms with Crippen LogP contribution in [0.5, 0.6) is 11.5 Å². The Morgan fingerprint density at radius 2 is 1.77 bits per heavy atom. The Morgan fingerprint density at radius 1 is 1.00 bits per heavy atom. The molecule has 114 valence electrons. The zero-order valence-electron chi connectivity index (χ0n) is 11.7. The minimum absolute atomic E-state index is 0.153. The second kappa shape index (κ2) is 7.24. The summed E-state index contributed by atoms with van der Waals surface area (Å²) in [5, 5.41) is 29.9. The van der Waals surface area contributed by atoms with E-state index in [1.165, 1.54) is 18.2 Å². The Balaban J connectivity index is 0.000000164. The maximum atomic E-state index is 10.1. The summed E-state index contributed by atoms with van der Waals surface area (Å²) < 4.78 is 0. The lowest BCUT2D eigenvalue weighted by Gasteiger charge is -2.00. The van der Waals surface area contributed by atoms with Gasteiger partial charge in [0.25, 0.3) is 0 Å². The molecule has 0 spiro atoms. The molecule has 0 saturated carbocycles. The molecule has 0 atom stereocenters. The van der Waals surface area contributed by atoms with Crippen LogP contribution in [-0.4, -0.2) is 34.0 Å². The number of aldehydes is 1. The number of nitrogens with zero attached hydrogens (tertiary/aromatic N) is 1. The van der Waals surface area contributed by atoms with E-state index >= 15 is 0 Å². The quantitative estimate of drug-likeness (QED) is 0.478. The highest BCUT2D eigenvalue weighted by Crippen LogP contribution is 2.23. The van der Waals surface area contributed by atoms with Crippen LogP contribution in [0.3, 0.4) is 0 Å². The molecule has 0 bridgehead atoms. The van der Waals surface area contributed by atoms with Gasteiger partial charge in [0.2, 0.25) is 0 Å². The first kappa shape index (κ1) is 15.5. The number of para-hydroxylation sites is 1. The Labute approximate surface area is 127 Å². The Kier molecular flexibility index (Phi) is 5.11. The van der Waals surface area contributed by atoms with Gasteiger partial charge in [-0.05, 0) is 29.8 Å². The number of carbonyl (C=O) groups excluding carboxylic acids is 1. The van der Waals surface area contributed by atoms with Gasteiger partial charge in [-0.2, -0.15) is 0 Å². The molecule has 3 rings (SSSR count). The Morgan fingerprint density at radius 3 is 2.50 bits per heavy atom. The summed E-state index contributed by atoms with van der Waals surface area (Å²) in [6.45, 7) is 1.22. The predicted molar refractivity (Wildman–Crippen MR) is 83.0 cm³/mol. The maximum Gasteiger partial charge on any atom is 0.200 e. The fourth-order valence-corrected chi connectivity index (χ4v) is 1.87. The van der Waals surface area contributed by atoms with Crippen LogP contribution in [0.2, 0.25) is 0 Å². The van der Waals surface area contributed by atoms with E-state index in [2.05, 4.69) is 10.3 Å². The SMILES string of the molecule is O=Cc1ccc(O)c(O)c1.OC1=Nc2ccccc2CNC1. The molecule has 1 heterocycles. The van der Waals surface area contributed by atoms with Crippen molar-refractivity contribution in [3.63, 3.8) is 0 Å². The number of nitrogens with one attached hydrogen (secondary N) is 1. The van der Waals surface area contributed by atoms with Crippen molar-refractivity contribution in [2.45, 2.75) is 6.54 Å². The van der Waals surface area contributed by atoms with Crippen molar-refractivity contribution in [1.29, 1.82) is 0 Å². The summed E-state index contributed by atoms with van der Waals surface area (Å²) in [4.78, 5) is 14.1. The molecule has 0 radical (unpaired) electrons. The summed E-state index contributed by atoms with van der Waals surface area (Å²) in [6.07, 6.45) is 0.596. The molecule has 0 aliphatic carbocycles. The van der Waals surface area contributed by atoms with E-state index < -0.39 is 0 Å². The lowest BCUT2D eigenvalue weighted by Crippen LogP contribution is -2.19. The molecule has 0 fully saturated rings. The summed E-state index contributed by atoms with van der Waals surface area (Å²) in [7, 11) is 0. The highest BCUT2D eigenvalue weighted by atomic mass is 16.3. The molecular weight excluding hydrogens is 284 g/mol. The number of rotatable bonds is 1. The number of aliphatic hydroxyl groups is 1. The molecule has 0 aromatic heterocycles. The van der Waals surface area contributed by atoms with E-state index in [1.54, 1.807) is 0 Å². The number of phenolic OH excluding ortho intramolecular Hbond substituents is 2. The Hall–Kier alpha value is -2.86. The monoisotopic (exact) mass is 300 g/mol. The largest absolute Gasteiger partial charge is 0.504 e.